The van der Waals surface area contributed by atoms with E-state index < -0.39 is 0 Å². The molecule has 0 aliphatic rings. The van der Waals surface area contributed by atoms with Crippen molar-refractivity contribution in [2.24, 2.45) is 5.73 Å². The molecule has 1 heterocycles. The number of nitrogens with two attached hydrogens (primary N) is 1. The Balaban J connectivity index is 0.00000192. The van der Waals surface area contributed by atoms with Gasteiger partial charge in [0.2, 0.25) is 0 Å². The normalized spacial score (nSPS) is 10.6. The van der Waals surface area contributed by atoms with Gasteiger partial charge in [0.25, 0.3) is 0 Å². The summed E-state index contributed by atoms with van der Waals surface area (Å²) >= 11 is 0. The summed E-state index contributed by atoms with van der Waals surface area (Å²) in [5.74, 6) is 0. The number of aliphatic hydroxyl groups excluding tert-OH is 1. The number of hydrogen-bond donors (Lipinski definition) is 2. The lowest BCUT2D eigenvalue weighted by molar-refractivity contribution is 0.282. The van der Waals surface area contributed by atoms with Crippen LogP contribution >= 0.6 is 12.4 Å². The molecule has 3 N–H and O–H groups in total. The van der Waals surface area contributed by atoms with Crippen molar-refractivity contribution >= 4 is 23.3 Å². The fourth-order valence-electron chi connectivity index (χ4n) is 2.76. The second kappa shape index (κ2) is 7.55. The van der Waals surface area contributed by atoms with E-state index in [1.807, 2.05) is 18.2 Å². The zero-order valence-electron chi connectivity index (χ0n) is 13.1. The van der Waals surface area contributed by atoms with Gasteiger partial charge in [-0.1, -0.05) is 42.5 Å². The number of aryl methyl sites for hydroxylation is 1. The summed E-state index contributed by atoms with van der Waals surface area (Å²) in [6.07, 6.45) is 0.872. The number of hydrogen-bond acceptors (Lipinski definition) is 3. The SMILES string of the molecule is Cc1cccc2cc(CO)c(-c3ccc(CCN)cc3)nc12.Cl. The van der Waals surface area contributed by atoms with Gasteiger partial charge in [0, 0.05) is 16.5 Å². The summed E-state index contributed by atoms with van der Waals surface area (Å²) in [4.78, 5) is 4.81. The second-order valence-electron chi connectivity index (χ2n) is 5.54. The van der Waals surface area contributed by atoms with Crippen LogP contribution in [0.25, 0.3) is 22.2 Å². The van der Waals surface area contributed by atoms with Gasteiger partial charge in [0.1, 0.15) is 0 Å². The molecule has 0 saturated heterocycles. The van der Waals surface area contributed by atoms with Gasteiger partial charge < -0.3 is 10.8 Å². The molecule has 0 bridgehead atoms. The Hall–Kier alpha value is -1.94. The van der Waals surface area contributed by atoms with E-state index in [-0.39, 0.29) is 19.0 Å². The zero-order valence-corrected chi connectivity index (χ0v) is 13.9. The maximum Gasteiger partial charge on any atom is 0.0764 e. The first-order valence-corrected chi connectivity index (χ1v) is 7.52. The molecule has 0 saturated carbocycles. The van der Waals surface area contributed by atoms with Gasteiger partial charge in [0.15, 0.2) is 0 Å². The van der Waals surface area contributed by atoms with Gasteiger partial charge in [-0.2, -0.15) is 0 Å². The third kappa shape index (κ3) is 3.53. The van der Waals surface area contributed by atoms with Crippen LogP contribution in [0.1, 0.15) is 16.7 Å². The molecule has 23 heavy (non-hydrogen) atoms. The molecule has 3 aromatic rings. The molecule has 0 atom stereocenters. The highest BCUT2D eigenvalue weighted by Gasteiger charge is 2.10. The number of para-hydroxylation sites is 1. The topological polar surface area (TPSA) is 59.1 Å². The van der Waals surface area contributed by atoms with Gasteiger partial charge >= 0.3 is 0 Å². The van der Waals surface area contributed by atoms with Crippen LogP contribution in [-0.4, -0.2) is 16.6 Å². The summed E-state index contributed by atoms with van der Waals surface area (Å²) < 4.78 is 0. The summed E-state index contributed by atoms with van der Waals surface area (Å²) in [5.41, 5.74) is 11.7. The first-order valence-electron chi connectivity index (χ1n) is 7.52. The number of benzene rings is 2. The van der Waals surface area contributed by atoms with E-state index in [0.717, 1.165) is 39.7 Å². The van der Waals surface area contributed by atoms with Crippen molar-refractivity contribution in [2.75, 3.05) is 6.54 Å². The molecule has 0 aliphatic heterocycles. The Morgan fingerprint density at radius 2 is 1.83 bits per heavy atom. The quantitative estimate of drug-likeness (QED) is 0.769. The summed E-state index contributed by atoms with van der Waals surface area (Å²) in [7, 11) is 0. The van der Waals surface area contributed by atoms with Gasteiger partial charge in [0.05, 0.1) is 17.8 Å². The molecular formula is C19H21ClN2O. The lowest BCUT2D eigenvalue weighted by atomic mass is 10.0. The Bertz CT molecular complexity index is 800. The van der Waals surface area contributed by atoms with Crippen molar-refractivity contribution in [1.82, 2.24) is 4.98 Å². The largest absolute Gasteiger partial charge is 0.392 e. The van der Waals surface area contributed by atoms with E-state index in [4.69, 9.17) is 10.7 Å². The fourth-order valence-corrected chi connectivity index (χ4v) is 2.76. The summed E-state index contributed by atoms with van der Waals surface area (Å²) in [6.45, 7) is 2.69. The molecule has 0 fully saturated rings. The first-order chi connectivity index (χ1) is 10.7. The maximum absolute atomic E-state index is 9.69. The van der Waals surface area contributed by atoms with Crippen molar-refractivity contribution < 1.29 is 5.11 Å². The minimum atomic E-state index is -0.0171. The van der Waals surface area contributed by atoms with Crippen molar-refractivity contribution in [2.45, 2.75) is 20.0 Å². The van der Waals surface area contributed by atoms with Crippen LogP contribution in [0.5, 0.6) is 0 Å². The number of rotatable bonds is 4. The lowest BCUT2D eigenvalue weighted by Gasteiger charge is -2.11. The number of aromatic nitrogens is 1. The number of nitrogens with zero attached hydrogens (tertiary/aromatic N) is 1. The lowest BCUT2D eigenvalue weighted by Crippen LogP contribution is -2.02. The van der Waals surface area contributed by atoms with Crippen molar-refractivity contribution in [3.8, 4) is 11.3 Å². The molecule has 3 rings (SSSR count). The van der Waals surface area contributed by atoms with Crippen LogP contribution in [-0.2, 0) is 13.0 Å². The molecule has 4 heteroatoms. The number of pyridine rings is 1. The van der Waals surface area contributed by atoms with Gasteiger partial charge in [-0.15, -0.1) is 12.4 Å². The van der Waals surface area contributed by atoms with Gasteiger partial charge in [-0.25, -0.2) is 4.98 Å². The third-order valence-corrected chi connectivity index (χ3v) is 3.96. The monoisotopic (exact) mass is 328 g/mol. The van der Waals surface area contributed by atoms with Crippen LogP contribution in [0.15, 0.2) is 48.5 Å². The van der Waals surface area contributed by atoms with Crippen molar-refractivity contribution in [1.29, 1.82) is 0 Å². The van der Waals surface area contributed by atoms with E-state index >= 15 is 0 Å². The molecule has 0 radical (unpaired) electrons. The maximum atomic E-state index is 9.69. The van der Waals surface area contributed by atoms with Crippen LogP contribution < -0.4 is 5.73 Å². The zero-order chi connectivity index (χ0) is 15.5. The number of fused-ring (bicyclic) bond motifs is 1. The minimum absolute atomic E-state index is 0. The van der Waals surface area contributed by atoms with E-state index in [1.165, 1.54) is 5.56 Å². The Morgan fingerprint density at radius 3 is 2.48 bits per heavy atom. The Labute approximate surface area is 142 Å². The molecule has 0 spiro atoms. The molecule has 1 aromatic heterocycles. The third-order valence-electron chi connectivity index (χ3n) is 3.96. The first kappa shape index (κ1) is 17.4. The van der Waals surface area contributed by atoms with E-state index in [9.17, 15) is 5.11 Å². The predicted molar refractivity (Wildman–Crippen MR) is 97.8 cm³/mol. The Kier molecular flexibility index (Phi) is 5.72. The van der Waals surface area contributed by atoms with E-state index in [1.54, 1.807) is 0 Å². The Morgan fingerprint density at radius 1 is 1.09 bits per heavy atom. The molecular weight excluding hydrogens is 308 g/mol. The van der Waals surface area contributed by atoms with Crippen LogP contribution in [0.4, 0.5) is 0 Å². The summed E-state index contributed by atoms with van der Waals surface area (Å²) in [5, 5.41) is 10.8. The van der Waals surface area contributed by atoms with E-state index in [0.29, 0.717) is 6.54 Å². The van der Waals surface area contributed by atoms with Gasteiger partial charge in [-0.3, -0.25) is 0 Å². The fraction of sp³-hybridized carbons (Fsp3) is 0.211. The molecule has 0 unspecified atom stereocenters. The van der Waals surface area contributed by atoms with Crippen LogP contribution in [0.2, 0.25) is 0 Å². The molecule has 2 aromatic carbocycles. The molecule has 120 valence electrons. The van der Waals surface area contributed by atoms with Crippen LogP contribution in [0.3, 0.4) is 0 Å². The average molecular weight is 329 g/mol. The second-order valence-corrected chi connectivity index (χ2v) is 5.54. The standard InChI is InChI=1S/C19H20N2O.ClH/c1-13-3-2-4-16-11-17(12-22)19(21-18(13)16)15-7-5-14(6-8-15)9-10-20;/h2-8,11,22H,9-10,12,20H2,1H3;1H. The van der Waals surface area contributed by atoms with E-state index in [2.05, 4.69) is 37.3 Å². The van der Waals surface area contributed by atoms with Crippen molar-refractivity contribution in [3.63, 3.8) is 0 Å². The molecule has 3 nitrogen and oxygen atoms in total. The predicted octanol–water partition coefficient (Wildman–Crippen LogP) is 3.63. The van der Waals surface area contributed by atoms with Crippen LogP contribution in [0, 0.1) is 6.92 Å². The van der Waals surface area contributed by atoms with Gasteiger partial charge in [-0.05, 0) is 37.1 Å². The average Bonchev–Trinajstić information content (AvgIpc) is 2.55. The smallest absolute Gasteiger partial charge is 0.0764 e. The highest BCUT2D eigenvalue weighted by Crippen LogP contribution is 2.27. The highest BCUT2D eigenvalue weighted by molar-refractivity contribution is 5.86. The number of halogens is 1. The van der Waals surface area contributed by atoms with Crippen molar-refractivity contribution in [3.05, 3.63) is 65.2 Å². The summed E-state index contributed by atoms with van der Waals surface area (Å²) in [6, 6.07) is 16.4. The number of aliphatic hydroxyl groups is 1. The minimum Gasteiger partial charge on any atom is -0.392 e. The highest BCUT2D eigenvalue weighted by atomic mass is 35.5. The molecule has 0 amide bonds. The molecule has 0 aliphatic carbocycles.